The van der Waals surface area contributed by atoms with Crippen LogP contribution < -0.4 is 16.6 Å². The minimum absolute atomic E-state index is 0.150. The summed E-state index contributed by atoms with van der Waals surface area (Å²) in [4.78, 5) is 36.4. The third kappa shape index (κ3) is 3.23. The molecule has 1 amide bonds. The summed E-state index contributed by atoms with van der Waals surface area (Å²) < 4.78 is 1.14. The van der Waals surface area contributed by atoms with Gasteiger partial charge in [0, 0.05) is 18.0 Å². The molecule has 0 radical (unpaired) electrons. The summed E-state index contributed by atoms with van der Waals surface area (Å²) in [5.41, 5.74) is 1.60. The van der Waals surface area contributed by atoms with Crippen LogP contribution in [0, 0.1) is 13.8 Å². The van der Waals surface area contributed by atoms with Crippen LogP contribution in [0.2, 0.25) is 0 Å². The first-order valence-electron chi connectivity index (χ1n) is 6.12. The zero-order valence-electron chi connectivity index (χ0n) is 11.3. The lowest BCUT2D eigenvalue weighted by atomic mass is 10.1. The molecule has 0 aliphatic carbocycles. The van der Waals surface area contributed by atoms with E-state index in [0.29, 0.717) is 5.69 Å². The number of aryl methyl sites for hydroxylation is 2. The number of rotatable bonds is 3. The number of nitrogens with zero attached hydrogens (tertiary/aromatic N) is 1. The van der Waals surface area contributed by atoms with Crippen LogP contribution in [0.4, 0.5) is 5.69 Å². The smallest absolute Gasteiger partial charge is 0.324 e. The summed E-state index contributed by atoms with van der Waals surface area (Å²) in [6, 6.07) is 6.93. The molecule has 0 aliphatic heterocycles. The van der Waals surface area contributed by atoms with E-state index in [9.17, 15) is 14.4 Å². The highest BCUT2D eigenvalue weighted by molar-refractivity contribution is 5.91. The Morgan fingerprint density at radius 1 is 1.25 bits per heavy atom. The highest BCUT2D eigenvalue weighted by Gasteiger charge is 2.07. The Bertz CT molecular complexity index is 759. The monoisotopic (exact) mass is 273 g/mol. The molecule has 0 fully saturated rings. The molecule has 0 spiro atoms. The number of aromatic amines is 1. The van der Waals surface area contributed by atoms with Crippen LogP contribution in [0.15, 0.2) is 40.1 Å². The zero-order chi connectivity index (χ0) is 14.7. The van der Waals surface area contributed by atoms with Crippen LogP contribution in [-0.2, 0) is 11.3 Å². The topological polar surface area (TPSA) is 84.0 Å². The fraction of sp³-hybridized carbons (Fsp3) is 0.214. The molecule has 1 heterocycles. The first-order chi connectivity index (χ1) is 9.45. The molecule has 6 heteroatoms. The number of amides is 1. The molecule has 2 aromatic rings. The van der Waals surface area contributed by atoms with Crippen LogP contribution in [-0.4, -0.2) is 15.5 Å². The Labute approximate surface area is 115 Å². The van der Waals surface area contributed by atoms with Gasteiger partial charge in [-0.25, -0.2) is 4.79 Å². The molecule has 1 aromatic carbocycles. The highest BCUT2D eigenvalue weighted by Crippen LogP contribution is 2.16. The number of carbonyl (C=O) groups excluding carboxylic acids is 1. The van der Waals surface area contributed by atoms with Crippen molar-refractivity contribution in [2.24, 2.45) is 0 Å². The minimum atomic E-state index is -0.603. The van der Waals surface area contributed by atoms with Gasteiger partial charge in [-0.15, -0.1) is 0 Å². The van der Waals surface area contributed by atoms with Crippen molar-refractivity contribution in [1.82, 2.24) is 9.55 Å². The molecule has 0 bridgehead atoms. The molecular weight excluding hydrogens is 258 g/mol. The van der Waals surface area contributed by atoms with Crippen LogP contribution in [0.3, 0.4) is 0 Å². The summed E-state index contributed by atoms with van der Waals surface area (Å²) >= 11 is 0. The van der Waals surface area contributed by atoms with Gasteiger partial charge < -0.3 is 5.32 Å². The van der Waals surface area contributed by atoms with Gasteiger partial charge in [-0.2, -0.15) is 0 Å². The van der Waals surface area contributed by atoms with E-state index in [1.165, 1.54) is 12.3 Å². The molecule has 0 saturated carbocycles. The van der Waals surface area contributed by atoms with Gasteiger partial charge >= 0.3 is 5.69 Å². The van der Waals surface area contributed by atoms with E-state index >= 15 is 0 Å². The zero-order valence-corrected chi connectivity index (χ0v) is 11.3. The SMILES string of the molecule is Cc1ccc(C)c(NC(=O)Cn2ccc(=O)[nH]c2=O)c1. The molecule has 0 unspecified atom stereocenters. The molecule has 20 heavy (non-hydrogen) atoms. The second kappa shape index (κ2) is 5.56. The van der Waals surface area contributed by atoms with E-state index in [2.05, 4.69) is 10.3 Å². The summed E-state index contributed by atoms with van der Waals surface area (Å²) in [7, 11) is 0. The standard InChI is InChI=1S/C14H15N3O3/c1-9-3-4-10(2)11(7-9)15-13(19)8-17-6-5-12(18)16-14(17)20/h3-7H,8H2,1-2H3,(H,15,19)(H,16,18,20). The van der Waals surface area contributed by atoms with E-state index in [-0.39, 0.29) is 12.5 Å². The number of nitrogens with one attached hydrogen (secondary N) is 2. The highest BCUT2D eigenvalue weighted by atomic mass is 16.2. The summed E-state index contributed by atoms with van der Waals surface area (Å²) in [5, 5.41) is 2.75. The van der Waals surface area contributed by atoms with Crippen LogP contribution in [0.1, 0.15) is 11.1 Å². The number of carbonyl (C=O) groups is 1. The molecule has 2 N–H and O–H groups in total. The van der Waals surface area contributed by atoms with Crippen LogP contribution >= 0.6 is 0 Å². The van der Waals surface area contributed by atoms with Crippen molar-refractivity contribution in [3.8, 4) is 0 Å². The van der Waals surface area contributed by atoms with Crippen molar-refractivity contribution in [3.63, 3.8) is 0 Å². The predicted molar refractivity (Wildman–Crippen MR) is 75.9 cm³/mol. The second-order valence-corrected chi connectivity index (χ2v) is 4.60. The van der Waals surface area contributed by atoms with Crippen molar-refractivity contribution in [1.29, 1.82) is 0 Å². The van der Waals surface area contributed by atoms with Gasteiger partial charge in [-0.05, 0) is 31.0 Å². The lowest BCUT2D eigenvalue weighted by molar-refractivity contribution is -0.116. The Kier molecular flexibility index (Phi) is 3.84. The van der Waals surface area contributed by atoms with Crippen molar-refractivity contribution >= 4 is 11.6 Å². The molecule has 0 saturated heterocycles. The molecule has 104 valence electrons. The van der Waals surface area contributed by atoms with Gasteiger partial charge in [-0.3, -0.25) is 19.1 Å². The van der Waals surface area contributed by atoms with E-state index in [0.717, 1.165) is 15.7 Å². The fourth-order valence-corrected chi connectivity index (χ4v) is 1.78. The van der Waals surface area contributed by atoms with Gasteiger partial charge in [0.2, 0.25) is 5.91 Å². The second-order valence-electron chi connectivity index (χ2n) is 4.60. The Morgan fingerprint density at radius 2 is 2.00 bits per heavy atom. The van der Waals surface area contributed by atoms with E-state index in [4.69, 9.17) is 0 Å². The predicted octanol–water partition coefficient (Wildman–Crippen LogP) is 0.792. The number of H-pyrrole nitrogens is 1. The summed E-state index contributed by atoms with van der Waals surface area (Å²) in [5.74, 6) is -0.326. The first-order valence-corrected chi connectivity index (χ1v) is 6.12. The van der Waals surface area contributed by atoms with Crippen molar-refractivity contribution in [2.45, 2.75) is 20.4 Å². The normalized spacial score (nSPS) is 10.3. The van der Waals surface area contributed by atoms with Crippen molar-refractivity contribution in [3.05, 3.63) is 62.4 Å². The van der Waals surface area contributed by atoms with Crippen LogP contribution in [0.5, 0.6) is 0 Å². The molecule has 2 rings (SSSR count). The average Bonchev–Trinajstić information content (AvgIpc) is 2.37. The number of hydrogen-bond donors (Lipinski definition) is 2. The maximum atomic E-state index is 11.9. The van der Waals surface area contributed by atoms with Crippen molar-refractivity contribution < 1.29 is 4.79 Å². The third-order valence-electron chi connectivity index (χ3n) is 2.88. The van der Waals surface area contributed by atoms with Gasteiger partial charge in [-0.1, -0.05) is 12.1 Å². The number of aromatic nitrogens is 2. The number of benzene rings is 1. The van der Waals surface area contributed by atoms with E-state index in [1.807, 2.05) is 32.0 Å². The summed E-state index contributed by atoms with van der Waals surface area (Å²) in [6.45, 7) is 3.67. The van der Waals surface area contributed by atoms with Gasteiger partial charge in [0.1, 0.15) is 6.54 Å². The summed E-state index contributed by atoms with van der Waals surface area (Å²) in [6.07, 6.45) is 1.30. The third-order valence-corrected chi connectivity index (χ3v) is 2.88. The van der Waals surface area contributed by atoms with Crippen LogP contribution in [0.25, 0.3) is 0 Å². The number of hydrogen-bond acceptors (Lipinski definition) is 3. The maximum absolute atomic E-state index is 11.9. The maximum Gasteiger partial charge on any atom is 0.328 e. The van der Waals surface area contributed by atoms with Crippen molar-refractivity contribution in [2.75, 3.05) is 5.32 Å². The Balaban J connectivity index is 2.15. The van der Waals surface area contributed by atoms with Gasteiger partial charge in [0.15, 0.2) is 0 Å². The molecule has 0 atom stereocenters. The van der Waals surface area contributed by atoms with E-state index in [1.54, 1.807) is 0 Å². The molecule has 1 aromatic heterocycles. The Morgan fingerprint density at radius 3 is 2.70 bits per heavy atom. The quantitative estimate of drug-likeness (QED) is 0.867. The molecular formula is C14H15N3O3. The fourth-order valence-electron chi connectivity index (χ4n) is 1.78. The lowest BCUT2D eigenvalue weighted by Crippen LogP contribution is -2.32. The van der Waals surface area contributed by atoms with Gasteiger partial charge in [0.25, 0.3) is 5.56 Å². The lowest BCUT2D eigenvalue weighted by Gasteiger charge is -2.10. The Hall–Kier alpha value is -2.63. The average molecular weight is 273 g/mol. The van der Waals surface area contributed by atoms with E-state index < -0.39 is 11.2 Å². The minimum Gasteiger partial charge on any atom is -0.324 e. The first kappa shape index (κ1) is 13.8. The molecule has 6 nitrogen and oxygen atoms in total. The molecule has 0 aliphatic rings. The number of anilines is 1. The van der Waals surface area contributed by atoms with Gasteiger partial charge in [0.05, 0.1) is 0 Å². The largest absolute Gasteiger partial charge is 0.328 e.